The van der Waals surface area contributed by atoms with E-state index in [0.717, 1.165) is 35.3 Å². The van der Waals surface area contributed by atoms with Crippen LogP contribution in [0, 0.1) is 6.92 Å². The maximum absolute atomic E-state index is 11.9. The smallest absolute Gasteiger partial charge is 0.222 e. The first-order valence-corrected chi connectivity index (χ1v) is 6.74. The molecule has 0 aliphatic heterocycles. The molecule has 19 heavy (non-hydrogen) atoms. The van der Waals surface area contributed by atoms with Crippen LogP contribution in [0.4, 0.5) is 5.95 Å². The Bertz CT molecular complexity index is 653. The number of rotatable bonds is 2. The van der Waals surface area contributed by atoms with Gasteiger partial charge in [0.15, 0.2) is 5.78 Å². The van der Waals surface area contributed by atoms with Gasteiger partial charge in [0.1, 0.15) is 5.65 Å². The van der Waals surface area contributed by atoms with Gasteiger partial charge in [0.2, 0.25) is 5.95 Å². The molecule has 5 heteroatoms. The Morgan fingerprint density at radius 3 is 2.68 bits per heavy atom. The molecule has 0 aromatic carbocycles. The Balaban J connectivity index is 2.31. The number of anilines is 1. The van der Waals surface area contributed by atoms with Crippen molar-refractivity contribution in [2.75, 3.05) is 5.73 Å². The molecule has 1 aliphatic rings. The standard InChI is InChI=1S/C14H18N4O/c1-8-11-7-12(9(2)19)18(10-5-3-4-6-10)13(11)17-14(15)16-8/h7,10H,3-6H2,1-2H3,(H2,15,16,17). The number of aromatic nitrogens is 3. The number of fused-ring (bicyclic) bond motifs is 1. The van der Waals surface area contributed by atoms with Gasteiger partial charge in [0.05, 0.1) is 11.4 Å². The minimum absolute atomic E-state index is 0.0721. The van der Waals surface area contributed by atoms with Crippen molar-refractivity contribution >= 4 is 22.8 Å². The largest absolute Gasteiger partial charge is 0.368 e. The molecule has 2 heterocycles. The third-order valence-electron chi connectivity index (χ3n) is 3.95. The lowest BCUT2D eigenvalue weighted by atomic mass is 10.2. The molecule has 0 spiro atoms. The van der Waals surface area contributed by atoms with Crippen molar-refractivity contribution in [3.63, 3.8) is 0 Å². The Morgan fingerprint density at radius 1 is 1.37 bits per heavy atom. The van der Waals surface area contributed by atoms with Gasteiger partial charge in [-0.25, -0.2) is 4.98 Å². The summed E-state index contributed by atoms with van der Waals surface area (Å²) in [6.07, 6.45) is 4.63. The summed E-state index contributed by atoms with van der Waals surface area (Å²) < 4.78 is 2.08. The van der Waals surface area contributed by atoms with Crippen molar-refractivity contribution in [1.29, 1.82) is 0 Å². The van der Waals surface area contributed by atoms with E-state index in [4.69, 9.17) is 5.73 Å². The zero-order valence-electron chi connectivity index (χ0n) is 11.3. The fourth-order valence-electron chi connectivity index (χ4n) is 3.06. The number of carbonyl (C=O) groups is 1. The molecule has 0 amide bonds. The van der Waals surface area contributed by atoms with Crippen LogP contribution in [0.25, 0.3) is 11.0 Å². The third-order valence-corrected chi connectivity index (χ3v) is 3.95. The van der Waals surface area contributed by atoms with Crippen LogP contribution in [-0.2, 0) is 0 Å². The lowest BCUT2D eigenvalue weighted by Crippen LogP contribution is -2.12. The maximum Gasteiger partial charge on any atom is 0.222 e. The lowest BCUT2D eigenvalue weighted by molar-refractivity contribution is 0.100. The topological polar surface area (TPSA) is 73.8 Å². The van der Waals surface area contributed by atoms with Crippen molar-refractivity contribution in [3.05, 3.63) is 17.5 Å². The Kier molecular flexibility index (Phi) is 2.77. The Morgan fingerprint density at radius 2 is 2.05 bits per heavy atom. The molecule has 0 bridgehead atoms. The molecular weight excluding hydrogens is 240 g/mol. The van der Waals surface area contributed by atoms with E-state index in [1.807, 2.05) is 13.0 Å². The zero-order valence-corrected chi connectivity index (χ0v) is 11.3. The molecule has 5 nitrogen and oxygen atoms in total. The molecule has 0 radical (unpaired) electrons. The summed E-state index contributed by atoms with van der Waals surface area (Å²) >= 11 is 0. The van der Waals surface area contributed by atoms with Crippen molar-refractivity contribution in [3.8, 4) is 0 Å². The molecule has 2 N–H and O–H groups in total. The number of aryl methyl sites for hydroxylation is 1. The van der Waals surface area contributed by atoms with Gasteiger partial charge in [-0.3, -0.25) is 4.79 Å². The summed E-state index contributed by atoms with van der Waals surface area (Å²) in [5.41, 5.74) is 8.13. The van der Waals surface area contributed by atoms with Crippen molar-refractivity contribution < 1.29 is 4.79 Å². The second-order valence-corrected chi connectivity index (χ2v) is 5.30. The van der Waals surface area contributed by atoms with E-state index in [-0.39, 0.29) is 11.7 Å². The van der Waals surface area contributed by atoms with Crippen molar-refractivity contribution in [2.45, 2.75) is 45.6 Å². The summed E-state index contributed by atoms with van der Waals surface area (Å²) in [7, 11) is 0. The van der Waals surface area contributed by atoms with Gasteiger partial charge in [-0.15, -0.1) is 0 Å². The normalized spacial score (nSPS) is 16.3. The molecule has 100 valence electrons. The first kappa shape index (κ1) is 12.1. The van der Waals surface area contributed by atoms with E-state index in [1.165, 1.54) is 12.8 Å². The number of ketones is 1. The Labute approximate surface area is 111 Å². The molecule has 2 aromatic rings. The number of hydrogen-bond acceptors (Lipinski definition) is 4. The highest BCUT2D eigenvalue weighted by Crippen LogP contribution is 2.35. The predicted molar refractivity (Wildman–Crippen MR) is 74.2 cm³/mol. The summed E-state index contributed by atoms with van der Waals surface area (Å²) in [5.74, 6) is 0.348. The summed E-state index contributed by atoms with van der Waals surface area (Å²) in [6, 6.07) is 2.27. The molecule has 3 rings (SSSR count). The van der Waals surface area contributed by atoms with Gasteiger partial charge in [0, 0.05) is 18.4 Å². The highest BCUT2D eigenvalue weighted by atomic mass is 16.1. The van der Waals surface area contributed by atoms with Gasteiger partial charge in [-0.05, 0) is 25.8 Å². The lowest BCUT2D eigenvalue weighted by Gasteiger charge is -2.16. The van der Waals surface area contributed by atoms with E-state index >= 15 is 0 Å². The van der Waals surface area contributed by atoms with Crippen LogP contribution < -0.4 is 5.73 Å². The van der Waals surface area contributed by atoms with Gasteiger partial charge >= 0.3 is 0 Å². The van der Waals surface area contributed by atoms with Gasteiger partial charge in [0.25, 0.3) is 0 Å². The number of nitrogens with zero attached hydrogens (tertiary/aromatic N) is 3. The summed E-state index contributed by atoms with van der Waals surface area (Å²) in [4.78, 5) is 20.4. The van der Waals surface area contributed by atoms with E-state index in [2.05, 4.69) is 14.5 Å². The third kappa shape index (κ3) is 1.89. The van der Waals surface area contributed by atoms with Crippen LogP contribution in [0.5, 0.6) is 0 Å². The van der Waals surface area contributed by atoms with E-state index in [9.17, 15) is 4.79 Å². The van der Waals surface area contributed by atoms with Crippen LogP contribution in [0.15, 0.2) is 6.07 Å². The number of carbonyl (C=O) groups excluding carboxylic acids is 1. The maximum atomic E-state index is 11.9. The molecule has 0 atom stereocenters. The molecule has 1 saturated carbocycles. The van der Waals surface area contributed by atoms with Crippen molar-refractivity contribution in [2.24, 2.45) is 0 Å². The van der Waals surface area contributed by atoms with Gasteiger partial charge < -0.3 is 10.3 Å². The van der Waals surface area contributed by atoms with E-state index in [0.29, 0.717) is 6.04 Å². The molecular formula is C14H18N4O. The number of hydrogen-bond donors (Lipinski definition) is 1. The average Bonchev–Trinajstić information content (AvgIpc) is 2.93. The van der Waals surface area contributed by atoms with Crippen LogP contribution >= 0.6 is 0 Å². The highest BCUT2D eigenvalue weighted by Gasteiger charge is 2.24. The second-order valence-electron chi connectivity index (χ2n) is 5.30. The molecule has 1 fully saturated rings. The number of nitrogens with two attached hydrogens (primary N) is 1. The predicted octanol–water partition coefficient (Wildman–Crippen LogP) is 2.64. The van der Waals surface area contributed by atoms with Gasteiger partial charge in [-0.1, -0.05) is 12.8 Å². The minimum Gasteiger partial charge on any atom is -0.368 e. The van der Waals surface area contributed by atoms with Crippen LogP contribution in [-0.4, -0.2) is 20.3 Å². The molecule has 1 aliphatic carbocycles. The molecule has 0 unspecified atom stereocenters. The van der Waals surface area contributed by atoms with Crippen LogP contribution in [0.3, 0.4) is 0 Å². The quantitative estimate of drug-likeness (QED) is 0.840. The summed E-state index contributed by atoms with van der Waals surface area (Å²) in [6.45, 7) is 3.51. The van der Waals surface area contributed by atoms with Crippen LogP contribution in [0.1, 0.15) is 54.8 Å². The summed E-state index contributed by atoms with van der Waals surface area (Å²) in [5, 5.41) is 0.936. The van der Waals surface area contributed by atoms with Crippen molar-refractivity contribution in [1.82, 2.24) is 14.5 Å². The average molecular weight is 258 g/mol. The number of Topliss-reactive ketones (excluding diaryl/α,β-unsaturated/α-hetero) is 1. The molecule has 0 saturated heterocycles. The van der Waals surface area contributed by atoms with E-state index in [1.54, 1.807) is 6.92 Å². The second kappa shape index (κ2) is 4.33. The zero-order chi connectivity index (χ0) is 13.6. The first-order chi connectivity index (χ1) is 9.08. The monoisotopic (exact) mass is 258 g/mol. The fourth-order valence-corrected chi connectivity index (χ4v) is 3.06. The highest BCUT2D eigenvalue weighted by molar-refractivity contribution is 5.98. The van der Waals surface area contributed by atoms with Gasteiger partial charge in [-0.2, -0.15) is 4.98 Å². The van der Waals surface area contributed by atoms with Crippen LogP contribution in [0.2, 0.25) is 0 Å². The number of nitrogen functional groups attached to an aromatic ring is 1. The Hall–Kier alpha value is -1.91. The fraction of sp³-hybridized carbons (Fsp3) is 0.500. The SMILES string of the molecule is CC(=O)c1cc2c(C)nc(N)nc2n1C1CCCC1. The molecule has 2 aromatic heterocycles. The minimum atomic E-state index is 0.0721. The first-order valence-electron chi connectivity index (χ1n) is 6.74. The van der Waals surface area contributed by atoms with E-state index < -0.39 is 0 Å².